The quantitative estimate of drug-likeness (QED) is 0.841. The number of halogens is 1. The van der Waals surface area contributed by atoms with Crippen molar-refractivity contribution in [3.05, 3.63) is 29.8 Å². The largest absolute Gasteiger partial charge is 0.378 e. The zero-order valence-electron chi connectivity index (χ0n) is 10.8. The molecule has 1 N–H and O–H groups in total. The molecule has 1 unspecified atom stereocenters. The van der Waals surface area contributed by atoms with E-state index in [2.05, 4.69) is 5.32 Å². The van der Waals surface area contributed by atoms with Gasteiger partial charge in [-0.1, -0.05) is 12.1 Å². The Morgan fingerprint density at radius 2 is 2.05 bits per heavy atom. The molecule has 1 fully saturated rings. The second kappa shape index (κ2) is 6.56. The highest BCUT2D eigenvalue weighted by Crippen LogP contribution is 2.16. The van der Waals surface area contributed by atoms with Gasteiger partial charge in [0, 0.05) is 23.8 Å². The fourth-order valence-corrected chi connectivity index (χ4v) is 2.82. The van der Waals surface area contributed by atoms with Crippen molar-refractivity contribution in [3.8, 4) is 0 Å². The van der Waals surface area contributed by atoms with E-state index >= 15 is 0 Å². The topological polar surface area (TPSA) is 72.5 Å². The first-order chi connectivity index (χ1) is 9.45. The van der Waals surface area contributed by atoms with Gasteiger partial charge >= 0.3 is 0 Å². The molecule has 1 heterocycles. The lowest BCUT2D eigenvalue weighted by Gasteiger charge is -2.10. The standard InChI is InChI=1S/C13H16ClNO4S/c14-20(17,18)12-5-3-10(4-6-12)9-15-13(16)8-11-2-1-7-19-11/h3-6,11H,1-2,7-9H2,(H,15,16). The smallest absolute Gasteiger partial charge is 0.261 e. The fraction of sp³-hybridized carbons (Fsp3) is 0.462. The van der Waals surface area contributed by atoms with E-state index in [1.165, 1.54) is 12.1 Å². The minimum Gasteiger partial charge on any atom is -0.378 e. The van der Waals surface area contributed by atoms with Crippen LogP contribution in [0.2, 0.25) is 0 Å². The second-order valence-corrected chi connectivity index (χ2v) is 7.26. The van der Waals surface area contributed by atoms with Crippen LogP contribution in [0.1, 0.15) is 24.8 Å². The summed E-state index contributed by atoms with van der Waals surface area (Å²) < 4.78 is 27.6. The lowest BCUT2D eigenvalue weighted by molar-refractivity contribution is -0.123. The number of hydrogen-bond donors (Lipinski definition) is 1. The Morgan fingerprint density at radius 1 is 1.35 bits per heavy atom. The summed E-state index contributed by atoms with van der Waals surface area (Å²) in [6.07, 6.45) is 2.33. The molecule has 1 aromatic rings. The summed E-state index contributed by atoms with van der Waals surface area (Å²) in [5, 5.41) is 2.78. The molecule has 0 saturated carbocycles. The molecule has 2 rings (SSSR count). The molecule has 0 aliphatic carbocycles. The van der Waals surface area contributed by atoms with Crippen molar-refractivity contribution in [2.24, 2.45) is 0 Å². The van der Waals surface area contributed by atoms with E-state index in [1.807, 2.05) is 0 Å². The van der Waals surface area contributed by atoms with Gasteiger partial charge in [0.1, 0.15) is 0 Å². The van der Waals surface area contributed by atoms with E-state index in [9.17, 15) is 13.2 Å². The lowest BCUT2D eigenvalue weighted by atomic mass is 10.1. The molecule has 0 spiro atoms. The van der Waals surface area contributed by atoms with Gasteiger partial charge in [0.2, 0.25) is 5.91 Å². The molecule has 0 radical (unpaired) electrons. The van der Waals surface area contributed by atoms with Crippen LogP contribution in [0.3, 0.4) is 0 Å². The Balaban J connectivity index is 1.83. The summed E-state index contributed by atoms with van der Waals surface area (Å²) in [6, 6.07) is 6.09. The van der Waals surface area contributed by atoms with Crippen LogP contribution in [-0.2, 0) is 25.1 Å². The van der Waals surface area contributed by atoms with E-state index in [-0.39, 0.29) is 16.9 Å². The molecule has 1 saturated heterocycles. The average molecular weight is 318 g/mol. The van der Waals surface area contributed by atoms with Gasteiger partial charge in [0.25, 0.3) is 9.05 Å². The van der Waals surface area contributed by atoms with Crippen molar-refractivity contribution in [2.45, 2.75) is 36.8 Å². The van der Waals surface area contributed by atoms with Crippen molar-refractivity contribution in [1.29, 1.82) is 0 Å². The molecule has 1 atom stereocenters. The Morgan fingerprint density at radius 3 is 2.60 bits per heavy atom. The number of amides is 1. The number of carbonyl (C=O) groups is 1. The molecule has 20 heavy (non-hydrogen) atoms. The Hall–Kier alpha value is -1.11. The number of benzene rings is 1. The molecule has 1 amide bonds. The summed E-state index contributed by atoms with van der Waals surface area (Å²) >= 11 is 0. The van der Waals surface area contributed by atoms with Crippen molar-refractivity contribution in [3.63, 3.8) is 0 Å². The molecule has 1 aliphatic heterocycles. The minimum absolute atomic E-state index is 0.0266. The number of rotatable bonds is 5. The van der Waals surface area contributed by atoms with Gasteiger partial charge in [-0.2, -0.15) is 0 Å². The zero-order chi connectivity index (χ0) is 14.6. The normalized spacial score (nSPS) is 18.9. The second-order valence-electron chi connectivity index (χ2n) is 4.70. The van der Waals surface area contributed by atoms with Gasteiger partial charge in [-0.3, -0.25) is 4.79 Å². The van der Waals surface area contributed by atoms with Crippen LogP contribution in [0.5, 0.6) is 0 Å². The molecule has 0 aromatic heterocycles. The maximum Gasteiger partial charge on any atom is 0.261 e. The highest BCUT2D eigenvalue weighted by molar-refractivity contribution is 8.13. The first-order valence-corrected chi connectivity index (χ1v) is 8.68. The number of nitrogens with one attached hydrogen (secondary N) is 1. The van der Waals surface area contributed by atoms with E-state index in [0.29, 0.717) is 13.0 Å². The molecular weight excluding hydrogens is 302 g/mol. The Labute approximate surface area is 122 Å². The van der Waals surface area contributed by atoms with Gasteiger partial charge in [-0.05, 0) is 30.5 Å². The first kappa shape index (κ1) is 15.3. The third-order valence-corrected chi connectivity index (χ3v) is 4.50. The number of carbonyl (C=O) groups excluding carboxylic acids is 1. The van der Waals surface area contributed by atoms with E-state index < -0.39 is 9.05 Å². The molecule has 0 bridgehead atoms. The van der Waals surface area contributed by atoms with Gasteiger partial charge in [-0.25, -0.2) is 8.42 Å². The SMILES string of the molecule is O=C(CC1CCCO1)NCc1ccc(S(=O)(=O)Cl)cc1. The van der Waals surface area contributed by atoms with Crippen molar-refractivity contribution >= 4 is 25.6 Å². The van der Waals surface area contributed by atoms with Gasteiger partial charge < -0.3 is 10.1 Å². The van der Waals surface area contributed by atoms with Crippen LogP contribution in [0.15, 0.2) is 29.2 Å². The van der Waals surface area contributed by atoms with E-state index in [4.69, 9.17) is 15.4 Å². The Kier molecular flexibility index (Phi) is 5.01. The zero-order valence-corrected chi connectivity index (χ0v) is 12.4. The summed E-state index contributed by atoms with van der Waals surface area (Å²) in [5.41, 5.74) is 0.815. The van der Waals surface area contributed by atoms with Crippen LogP contribution in [0.25, 0.3) is 0 Å². The summed E-state index contributed by atoms with van der Waals surface area (Å²) in [6.45, 7) is 1.08. The van der Waals surface area contributed by atoms with Gasteiger partial charge in [-0.15, -0.1) is 0 Å². The van der Waals surface area contributed by atoms with Crippen LogP contribution in [-0.4, -0.2) is 27.0 Å². The average Bonchev–Trinajstić information content (AvgIpc) is 2.88. The van der Waals surface area contributed by atoms with Crippen LogP contribution in [0.4, 0.5) is 0 Å². The van der Waals surface area contributed by atoms with Gasteiger partial charge in [0.05, 0.1) is 17.4 Å². The summed E-state index contributed by atoms with van der Waals surface area (Å²) in [5.74, 6) is -0.0639. The highest BCUT2D eigenvalue weighted by atomic mass is 35.7. The highest BCUT2D eigenvalue weighted by Gasteiger charge is 2.18. The maximum atomic E-state index is 11.7. The van der Waals surface area contributed by atoms with Crippen LogP contribution in [0, 0.1) is 0 Å². The van der Waals surface area contributed by atoms with Crippen LogP contribution < -0.4 is 5.32 Å². The fourth-order valence-electron chi connectivity index (χ4n) is 2.05. The molecule has 1 aromatic carbocycles. The van der Waals surface area contributed by atoms with Crippen molar-refractivity contribution in [2.75, 3.05) is 6.61 Å². The molecular formula is C13H16ClNO4S. The van der Waals surface area contributed by atoms with Crippen molar-refractivity contribution < 1.29 is 17.9 Å². The molecule has 110 valence electrons. The predicted octanol–water partition coefficient (Wildman–Crippen LogP) is 1.80. The number of ether oxygens (including phenoxy) is 1. The third kappa shape index (κ3) is 4.47. The molecule has 7 heteroatoms. The molecule has 1 aliphatic rings. The van der Waals surface area contributed by atoms with Gasteiger partial charge in [0.15, 0.2) is 0 Å². The molecule has 5 nitrogen and oxygen atoms in total. The Bertz CT molecular complexity index is 565. The number of hydrogen-bond acceptors (Lipinski definition) is 4. The van der Waals surface area contributed by atoms with E-state index in [0.717, 1.165) is 25.0 Å². The monoisotopic (exact) mass is 317 g/mol. The first-order valence-electron chi connectivity index (χ1n) is 6.37. The maximum absolute atomic E-state index is 11.7. The predicted molar refractivity (Wildman–Crippen MR) is 74.9 cm³/mol. The summed E-state index contributed by atoms with van der Waals surface area (Å²) in [7, 11) is 1.52. The third-order valence-electron chi connectivity index (χ3n) is 3.13. The summed E-state index contributed by atoms with van der Waals surface area (Å²) in [4.78, 5) is 11.7. The minimum atomic E-state index is -3.70. The van der Waals surface area contributed by atoms with E-state index in [1.54, 1.807) is 12.1 Å². The lowest BCUT2D eigenvalue weighted by Crippen LogP contribution is -2.26. The van der Waals surface area contributed by atoms with Crippen LogP contribution >= 0.6 is 10.7 Å². The van der Waals surface area contributed by atoms with Crippen molar-refractivity contribution in [1.82, 2.24) is 5.32 Å².